The lowest BCUT2D eigenvalue weighted by atomic mass is 9.97. The van der Waals surface area contributed by atoms with E-state index in [-0.39, 0.29) is 22.6 Å². The molecule has 16 nitrogen and oxygen atoms in total. The second-order valence-electron chi connectivity index (χ2n) is 11.2. The van der Waals surface area contributed by atoms with Gasteiger partial charge in [0, 0.05) is 12.5 Å². The average molecular weight is 653 g/mol. The first-order valence-electron chi connectivity index (χ1n) is 14.3. The van der Waals surface area contributed by atoms with E-state index in [4.69, 9.17) is 37.9 Å². The Morgan fingerprint density at radius 1 is 1.00 bits per heavy atom. The average Bonchev–Trinajstić information content (AvgIpc) is 3.31. The van der Waals surface area contributed by atoms with Crippen LogP contribution in [0.5, 0.6) is 23.0 Å². The zero-order valence-corrected chi connectivity index (χ0v) is 25.1. The number of fused-ring (bicyclic) bond motifs is 1. The van der Waals surface area contributed by atoms with Crippen LogP contribution in [0.4, 0.5) is 0 Å². The molecule has 0 saturated carbocycles. The van der Waals surface area contributed by atoms with Crippen LogP contribution >= 0.6 is 0 Å². The molecule has 46 heavy (non-hydrogen) atoms. The summed E-state index contributed by atoms with van der Waals surface area (Å²) in [4.78, 5) is 24.8. The van der Waals surface area contributed by atoms with Crippen molar-refractivity contribution in [2.24, 2.45) is 0 Å². The normalized spacial score (nSPS) is 32.3. The van der Waals surface area contributed by atoms with Crippen LogP contribution in [0, 0.1) is 0 Å². The molecule has 2 saturated heterocycles. The summed E-state index contributed by atoms with van der Waals surface area (Å²) in [6, 6.07) is 6.91. The zero-order valence-electron chi connectivity index (χ0n) is 25.1. The molecule has 6 N–H and O–H groups in total. The van der Waals surface area contributed by atoms with E-state index < -0.39 is 92.3 Å². The number of ether oxygens (including phenoxy) is 8. The Labute approximate surface area is 262 Å². The fourth-order valence-electron chi connectivity index (χ4n) is 5.35. The quantitative estimate of drug-likeness (QED) is 0.169. The SMILES string of the molecule is COc1ccc(C(=O)OCC2(O)COC(OCC3OC(Oc4cc(O)c5c(c4)CC(C)OC5=O)C(O)C(O)C3O)C2O)cc1OC. The van der Waals surface area contributed by atoms with E-state index in [1.807, 2.05) is 0 Å². The molecule has 16 heteroatoms. The van der Waals surface area contributed by atoms with Crippen LogP contribution in [0.3, 0.4) is 0 Å². The van der Waals surface area contributed by atoms with Gasteiger partial charge in [-0.25, -0.2) is 9.59 Å². The lowest BCUT2D eigenvalue weighted by Crippen LogP contribution is -2.60. The predicted octanol–water partition coefficient (Wildman–Crippen LogP) is -0.981. The van der Waals surface area contributed by atoms with Crippen LogP contribution in [0.25, 0.3) is 0 Å². The molecule has 252 valence electrons. The van der Waals surface area contributed by atoms with E-state index in [9.17, 15) is 40.2 Å². The molecule has 0 bridgehead atoms. The number of rotatable bonds is 10. The maximum atomic E-state index is 12.6. The number of methoxy groups -OCH3 is 2. The molecule has 3 heterocycles. The summed E-state index contributed by atoms with van der Waals surface area (Å²) in [7, 11) is 2.84. The van der Waals surface area contributed by atoms with Gasteiger partial charge < -0.3 is 68.5 Å². The van der Waals surface area contributed by atoms with E-state index in [0.717, 1.165) is 6.07 Å². The third-order valence-corrected chi connectivity index (χ3v) is 7.92. The van der Waals surface area contributed by atoms with Gasteiger partial charge in [-0.2, -0.15) is 0 Å². The predicted molar refractivity (Wildman–Crippen MR) is 150 cm³/mol. The number of aliphatic hydroxyl groups excluding tert-OH is 4. The molecule has 0 aromatic heterocycles. The number of hydrogen-bond acceptors (Lipinski definition) is 16. The third kappa shape index (κ3) is 6.70. The summed E-state index contributed by atoms with van der Waals surface area (Å²) in [5.74, 6) is -1.23. The van der Waals surface area contributed by atoms with Gasteiger partial charge in [-0.05, 0) is 36.8 Å². The minimum atomic E-state index is -2.05. The zero-order chi connectivity index (χ0) is 33.3. The van der Waals surface area contributed by atoms with Gasteiger partial charge >= 0.3 is 11.9 Å². The number of benzene rings is 2. The van der Waals surface area contributed by atoms with Gasteiger partial charge in [-0.1, -0.05) is 0 Å². The van der Waals surface area contributed by atoms with Crippen LogP contribution in [0.1, 0.15) is 33.2 Å². The molecular formula is C30H36O16. The van der Waals surface area contributed by atoms with Crippen molar-refractivity contribution in [1.82, 2.24) is 0 Å². The Balaban J connectivity index is 1.18. The standard InChI is InChI=1S/C30H36O16/c1-13-6-15-7-16(9-17(31)21(15)27(37)44-13)45-28-24(34)23(33)22(32)20(46-28)10-41-29-25(35)30(38,12-43-29)11-42-26(36)14-4-5-18(39-2)19(8-14)40-3/h4-5,7-9,13,20,22-25,28-29,31-35,38H,6,10-12H2,1-3H3. The van der Waals surface area contributed by atoms with Crippen molar-refractivity contribution in [2.45, 2.75) is 68.1 Å². The molecule has 0 radical (unpaired) electrons. The molecule has 9 unspecified atom stereocenters. The Hall–Kier alpha value is -3.74. The van der Waals surface area contributed by atoms with E-state index in [0.29, 0.717) is 17.7 Å². The van der Waals surface area contributed by atoms with Crippen LogP contribution in [0.15, 0.2) is 30.3 Å². The van der Waals surface area contributed by atoms with Gasteiger partial charge in [0.1, 0.15) is 60.3 Å². The number of carbonyl (C=O) groups is 2. The van der Waals surface area contributed by atoms with E-state index in [1.165, 1.54) is 38.5 Å². The summed E-state index contributed by atoms with van der Waals surface area (Å²) in [5.41, 5.74) is -1.52. The van der Waals surface area contributed by atoms with Crippen molar-refractivity contribution in [3.63, 3.8) is 0 Å². The number of phenolic OH excluding ortho intramolecular Hbond substituents is 1. The van der Waals surface area contributed by atoms with Gasteiger partial charge in [0.25, 0.3) is 0 Å². The second-order valence-corrected chi connectivity index (χ2v) is 11.2. The largest absolute Gasteiger partial charge is 0.507 e. The van der Waals surface area contributed by atoms with Gasteiger partial charge in [0.05, 0.1) is 33.0 Å². The van der Waals surface area contributed by atoms with Crippen molar-refractivity contribution in [1.29, 1.82) is 0 Å². The number of aliphatic hydroxyl groups is 5. The molecule has 9 atom stereocenters. The molecule has 2 fully saturated rings. The summed E-state index contributed by atoms with van der Waals surface area (Å²) < 4.78 is 42.9. The number of hydrogen-bond donors (Lipinski definition) is 6. The molecule has 3 aliphatic rings. The van der Waals surface area contributed by atoms with Crippen molar-refractivity contribution >= 4 is 11.9 Å². The fraction of sp³-hybridized carbons (Fsp3) is 0.533. The highest BCUT2D eigenvalue weighted by Crippen LogP contribution is 2.35. The van der Waals surface area contributed by atoms with E-state index in [1.54, 1.807) is 6.92 Å². The van der Waals surface area contributed by atoms with E-state index >= 15 is 0 Å². The van der Waals surface area contributed by atoms with Crippen LogP contribution < -0.4 is 14.2 Å². The smallest absolute Gasteiger partial charge is 0.342 e. The topological polar surface area (TPSA) is 229 Å². The van der Waals surface area contributed by atoms with Crippen LogP contribution in [0.2, 0.25) is 0 Å². The Kier molecular flexibility index (Phi) is 9.90. The van der Waals surface area contributed by atoms with Crippen LogP contribution in [-0.2, 0) is 30.1 Å². The second kappa shape index (κ2) is 13.5. The highest BCUT2D eigenvalue weighted by molar-refractivity contribution is 5.95. The number of esters is 2. The van der Waals surface area contributed by atoms with Crippen molar-refractivity contribution in [2.75, 3.05) is 34.0 Å². The lowest BCUT2D eigenvalue weighted by Gasteiger charge is -2.40. The van der Waals surface area contributed by atoms with E-state index in [2.05, 4.69) is 0 Å². The van der Waals surface area contributed by atoms with Gasteiger partial charge in [-0.15, -0.1) is 0 Å². The van der Waals surface area contributed by atoms with Crippen molar-refractivity contribution in [3.8, 4) is 23.0 Å². The molecule has 0 aliphatic carbocycles. The molecular weight excluding hydrogens is 616 g/mol. The summed E-state index contributed by atoms with van der Waals surface area (Å²) >= 11 is 0. The maximum Gasteiger partial charge on any atom is 0.342 e. The van der Waals surface area contributed by atoms with Gasteiger partial charge in [-0.3, -0.25) is 0 Å². The minimum absolute atomic E-state index is 0.00713. The molecule has 0 amide bonds. The van der Waals surface area contributed by atoms with Gasteiger partial charge in [0.2, 0.25) is 6.29 Å². The van der Waals surface area contributed by atoms with Crippen molar-refractivity contribution < 1.29 is 78.1 Å². The minimum Gasteiger partial charge on any atom is -0.507 e. The first kappa shape index (κ1) is 33.6. The first-order chi connectivity index (χ1) is 21.8. The fourth-order valence-corrected chi connectivity index (χ4v) is 5.35. The summed E-state index contributed by atoms with van der Waals surface area (Å²) in [5, 5.41) is 63.6. The number of cyclic esters (lactones) is 1. The van der Waals surface area contributed by atoms with Gasteiger partial charge in [0.15, 0.2) is 23.4 Å². The summed E-state index contributed by atoms with van der Waals surface area (Å²) in [6.07, 6.45) is -11.3. The van der Waals surface area contributed by atoms with Crippen LogP contribution in [-0.4, -0.2) is 131 Å². The highest BCUT2D eigenvalue weighted by atomic mass is 16.7. The third-order valence-electron chi connectivity index (χ3n) is 7.92. The highest BCUT2D eigenvalue weighted by Gasteiger charge is 2.51. The maximum absolute atomic E-state index is 12.6. The Bertz CT molecular complexity index is 1430. The molecule has 2 aromatic rings. The number of phenols is 1. The lowest BCUT2D eigenvalue weighted by molar-refractivity contribution is -0.289. The monoisotopic (exact) mass is 652 g/mol. The molecule has 3 aliphatic heterocycles. The molecule has 0 spiro atoms. The summed E-state index contributed by atoms with van der Waals surface area (Å²) in [6.45, 7) is 0.0368. The Morgan fingerprint density at radius 3 is 2.46 bits per heavy atom. The van der Waals surface area contributed by atoms with Crippen molar-refractivity contribution in [3.05, 3.63) is 47.0 Å². The molecule has 5 rings (SSSR count). The number of carbonyl (C=O) groups excluding carboxylic acids is 2. The molecule has 2 aromatic carbocycles. The first-order valence-corrected chi connectivity index (χ1v) is 14.3. The number of aromatic hydroxyl groups is 1. The Morgan fingerprint density at radius 2 is 1.74 bits per heavy atom.